The summed E-state index contributed by atoms with van der Waals surface area (Å²) in [5.41, 5.74) is 1.38. The van der Waals surface area contributed by atoms with E-state index in [1.54, 1.807) is 48.5 Å². The maximum atomic E-state index is 11.5. The van der Waals surface area contributed by atoms with Crippen molar-refractivity contribution in [3.8, 4) is 0 Å². The molecule has 2 aromatic rings. The third kappa shape index (κ3) is 6.93. The van der Waals surface area contributed by atoms with Gasteiger partial charge in [-0.2, -0.15) is 0 Å². The second-order valence-corrected chi connectivity index (χ2v) is 4.89. The van der Waals surface area contributed by atoms with E-state index in [-0.39, 0.29) is 83.1 Å². The zero-order valence-corrected chi connectivity index (χ0v) is 17.9. The number of benzene rings is 2. The van der Waals surface area contributed by atoms with Crippen molar-refractivity contribution in [3.05, 3.63) is 82.9 Å². The first-order valence-electron chi connectivity index (χ1n) is 6.84. The minimum Gasteiger partial charge on any atom is -0.478 e. The fourth-order valence-electron chi connectivity index (χ4n) is 2.22. The van der Waals surface area contributed by atoms with E-state index < -0.39 is 11.9 Å². The van der Waals surface area contributed by atoms with E-state index in [0.29, 0.717) is 0 Å². The SMILES string of the molecule is O=C(O)C(Cc1ccccc1)=C(Cc1ccccc1)C(=O)O.[Na].[Na]. The van der Waals surface area contributed by atoms with Crippen molar-refractivity contribution in [1.29, 1.82) is 0 Å². The molecule has 2 N–H and O–H groups in total. The van der Waals surface area contributed by atoms with E-state index in [1.807, 2.05) is 12.1 Å². The van der Waals surface area contributed by atoms with Gasteiger partial charge in [0.25, 0.3) is 0 Å². The quantitative estimate of drug-likeness (QED) is 0.623. The first-order chi connectivity index (χ1) is 10.6. The Hall–Kier alpha value is -0.880. The zero-order valence-electron chi connectivity index (χ0n) is 13.9. The Morgan fingerprint density at radius 3 is 1.17 bits per heavy atom. The molecule has 2 radical (unpaired) electrons. The molecule has 0 bridgehead atoms. The fraction of sp³-hybridized carbons (Fsp3) is 0.111. The number of carboxylic acid groups (broad SMARTS) is 2. The van der Waals surface area contributed by atoms with E-state index >= 15 is 0 Å². The third-order valence-corrected chi connectivity index (χ3v) is 3.33. The van der Waals surface area contributed by atoms with Gasteiger partial charge < -0.3 is 10.2 Å². The molecule has 2 aromatic carbocycles. The molecule has 2 rings (SSSR count). The summed E-state index contributed by atoms with van der Waals surface area (Å²) in [6.45, 7) is 0. The molecule has 0 fully saturated rings. The van der Waals surface area contributed by atoms with Crippen molar-refractivity contribution < 1.29 is 19.8 Å². The van der Waals surface area contributed by atoms with Crippen molar-refractivity contribution >= 4 is 71.1 Å². The van der Waals surface area contributed by atoms with Crippen LogP contribution in [0.3, 0.4) is 0 Å². The summed E-state index contributed by atoms with van der Waals surface area (Å²) in [6, 6.07) is 18.0. The van der Waals surface area contributed by atoms with Gasteiger partial charge in [-0.05, 0) is 11.1 Å². The van der Waals surface area contributed by atoms with Crippen molar-refractivity contribution in [1.82, 2.24) is 0 Å². The number of carboxylic acids is 2. The van der Waals surface area contributed by atoms with Gasteiger partial charge in [-0.25, -0.2) is 9.59 Å². The Balaban J connectivity index is 0.00000264. The van der Waals surface area contributed by atoms with Gasteiger partial charge in [-0.3, -0.25) is 0 Å². The molecule has 4 nitrogen and oxygen atoms in total. The average molecular weight is 342 g/mol. The molecule has 0 unspecified atom stereocenters. The van der Waals surface area contributed by atoms with Gasteiger partial charge in [0.05, 0.1) is 11.1 Å². The third-order valence-electron chi connectivity index (χ3n) is 3.33. The molecule has 0 saturated heterocycles. The van der Waals surface area contributed by atoms with Crippen LogP contribution >= 0.6 is 0 Å². The van der Waals surface area contributed by atoms with Gasteiger partial charge in [0.15, 0.2) is 0 Å². The van der Waals surface area contributed by atoms with Crippen LogP contribution < -0.4 is 0 Å². The van der Waals surface area contributed by atoms with E-state index in [0.717, 1.165) is 11.1 Å². The summed E-state index contributed by atoms with van der Waals surface area (Å²) in [5.74, 6) is -2.39. The predicted octanol–water partition coefficient (Wildman–Crippen LogP) is 2.18. The smallest absolute Gasteiger partial charge is 0.332 e. The van der Waals surface area contributed by atoms with Crippen LogP contribution in [0.5, 0.6) is 0 Å². The van der Waals surface area contributed by atoms with Gasteiger partial charge >= 0.3 is 11.9 Å². The van der Waals surface area contributed by atoms with E-state index in [9.17, 15) is 19.8 Å². The molecule has 0 aliphatic heterocycles. The molecule has 0 saturated carbocycles. The summed E-state index contributed by atoms with van der Waals surface area (Å²) in [6.07, 6.45) is 0.176. The van der Waals surface area contributed by atoms with Gasteiger partial charge in [-0.1, -0.05) is 60.7 Å². The number of carbonyl (C=O) groups is 2. The van der Waals surface area contributed by atoms with Gasteiger partial charge in [0.2, 0.25) is 0 Å². The minimum absolute atomic E-state index is 0. The molecule has 6 heteroatoms. The van der Waals surface area contributed by atoms with Crippen molar-refractivity contribution in [2.24, 2.45) is 0 Å². The van der Waals surface area contributed by atoms with E-state index in [2.05, 4.69) is 0 Å². The van der Waals surface area contributed by atoms with Crippen LogP contribution in [0.1, 0.15) is 11.1 Å². The Morgan fingerprint density at radius 1 is 0.625 bits per heavy atom. The molecule has 0 heterocycles. The predicted molar refractivity (Wildman–Crippen MR) is 94.1 cm³/mol. The zero-order chi connectivity index (χ0) is 15.9. The van der Waals surface area contributed by atoms with Crippen molar-refractivity contribution in [3.63, 3.8) is 0 Å². The van der Waals surface area contributed by atoms with Crippen molar-refractivity contribution in [2.45, 2.75) is 12.8 Å². The van der Waals surface area contributed by atoms with E-state index in [1.165, 1.54) is 0 Å². The topological polar surface area (TPSA) is 74.6 Å². The second-order valence-electron chi connectivity index (χ2n) is 4.89. The molecule has 0 spiro atoms. The maximum Gasteiger partial charge on any atom is 0.332 e. The Bertz CT molecular complexity index is 636. The van der Waals surface area contributed by atoms with Gasteiger partial charge in [0.1, 0.15) is 0 Å². The van der Waals surface area contributed by atoms with Crippen LogP contribution in [0.25, 0.3) is 0 Å². The summed E-state index contributed by atoms with van der Waals surface area (Å²) in [4.78, 5) is 23.0. The second kappa shape index (κ2) is 11.6. The van der Waals surface area contributed by atoms with Crippen LogP contribution in [-0.4, -0.2) is 81.3 Å². The Kier molecular flexibility index (Phi) is 11.2. The number of rotatable bonds is 6. The largest absolute Gasteiger partial charge is 0.478 e. The van der Waals surface area contributed by atoms with E-state index in [4.69, 9.17) is 0 Å². The Labute approximate surface area is 185 Å². The molecule has 114 valence electrons. The summed E-state index contributed by atoms with van der Waals surface area (Å²) < 4.78 is 0. The molecule has 0 aliphatic rings. The fourth-order valence-corrected chi connectivity index (χ4v) is 2.22. The number of hydrogen-bond donors (Lipinski definition) is 2. The van der Waals surface area contributed by atoms with Crippen molar-refractivity contribution in [2.75, 3.05) is 0 Å². The monoisotopic (exact) mass is 342 g/mol. The number of hydrogen-bond acceptors (Lipinski definition) is 2. The molecule has 0 atom stereocenters. The first-order valence-corrected chi connectivity index (χ1v) is 6.84. The molecule has 0 aromatic heterocycles. The molecular formula is C18H16Na2O4. The normalized spacial score (nSPS) is 10.7. The van der Waals surface area contributed by atoms with Crippen LogP contribution in [0, 0.1) is 0 Å². The molecular weight excluding hydrogens is 326 g/mol. The average Bonchev–Trinajstić information content (AvgIpc) is 2.52. The summed E-state index contributed by atoms with van der Waals surface area (Å²) in [5, 5.41) is 18.8. The molecule has 0 aliphatic carbocycles. The maximum absolute atomic E-state index is 11.5. The van der Waals surface area contributed by atoms with Gasteiger partial charge in [0, 0.05) is 72.0 Å². The molecule has 0 amide bonds. The summed E-state index contributed by atoms with van der Waals surface area (Å²) >= 11 is 0. The van der Waals surface area contributed by atoms with Gasteiger partial charge in [-0.15, -0.1) is 0 Å². The summed E-state index contributed by atoms with van der Waals surface area (Å²) in [7, 11) is 0. The number of aliphatic carboxylic acids is 2. The first kappa shape index (κ1) is 23.1. The van der Waals surface area contributed by atoms with Crippen LogP contribution in [-0.2, 0) is 22.4 Å². The minimum atomic E-state index is -1.20. The van der Waals surface area contributed by atoms with Crippen LogP contribution in [0.4, 0.5) is 0 Å². The van der Waals surface area contributed by atoms with Crippen LogP contribution in [0.2, 0.25) is 0 Å². The van der Waals surface area contributed by atoms with Crippen LogP contribution in [0.15, 0.2) is 71.8 Å². The molecule has 24 heavy (non-hydrogen) atoms. The Morgan fingerprint density at radius 2 is 0.917 bits per heavy atom. The standard InChI is InChI=1S/C18H16O4.2Na/c19-17(20)15(11-13-7-3-1-4-8-13)16(18(21)22)12-14-9-5-2-6-10-14;;/h1-10H,11-12H2,(H,19,20)(H,21,22);;.